The van der Waals surface area contributed by atoms with Crippen LogP contribution in [0.15, 0.2) is 30.9 Å². The molecule has 1 atom stereocenters. The minimum Gasteiger partial charge on any atom is -0.318 e. The summed E-state index contributed by atoms with van der Waals surface area (Å²) in [5.74, 6) is 0. The van der Waals surface area contributed by atoms with Gasteiger partial charge in [-0.05, 0) is 44.6 Å². The van der Waals surface area contributed by atoms with Gasteiger partial charge in [0, 0.05) is 11.6 Å². The molecule has 1 unspecified atom stereocenters. The molecule has 0 amide bonds. The molecule has 2 N–H and O–H groups in total. The number of likely N-dealkylation sites (N-methyl/N-ethyl adjacent to an activating group) is 2. The van der Waals surface area contributed by atoms with E-state index >= 15 is 0 Å². The van der Waals surface area contributed by atoms with E-state index in [-0.39, 0.29) is 5.54 Å². The molecule has 0 saturated carbocycles. The fourth-order valence-electron chi connectivity index (χ4n) is 2.07. The lowest BCUT2D eigenvalue weighted by Crippen LogP contribution is -2.47. The van der Waals surface area contributed by atoms with Gasteiger partial charge in [0.1, 0.15) is 0 Å². The Labute approximate surface area is 109 Å². The van der Waals surface area contributed by atoms with Gasteiger partial charge in [0.2, 0.25) is 0 Å². The molecule has 0 saturated heterocycles. The molecular weight excluding hydrogens is 232 g/mol. The van der Waals surface area contributed by atoms with Crippen molar-refractivity contribution in [3.63, 3.8) is 0 Å². The molecule has 0 radical (unpaired) electrons. The third-order valence-electron chi connectivity index (χ3n) is 3.17. The van der Waals surface area contributed by atoms with Gasteiger partial charge >= 0.3 is 0 Å². The van der Waals surface area contributed by atoms with Gasteiger partial charge in [0.05, 0.1) is 5.54 Å². The summed E-state index contributed by atoms with van der Waals surface area (Å²) in [4.78, 5) is 0. The molecule has 0 heterocycles. The van der Waals surface area contributed by atoms with Crippen molar-refractivity contribution in [3.05, 3.63) is 47.0 Å². The monoisotopic (exact) mass is 252 g/mol. The van der Waals surface area contributed by atoms with Crippen molar-refractivity contribution in [1.82, 2.24) is 10.6 Å². The summed E-state index contributed by atoms with van der Waals surface area (Å²) in [5, 5.41) is 7.42. The van der Waals surface area contributed by atoms with Crippen LogP contribution in [-0.4, -0.2) is 20.6 Å². The van der Waals surface area contributed by atoms with Crippen molar-refractivity contribution in [3.8, 4) is 0 Å². The molecule has 3 heteroatoms. The number of hydrogen-bond donors (Lipinski definition) is 2. The quantitative estimate of drug-likeness (QED) is 0.761. The van der Waals surface area contributed by atoms with Crippen LogP contribution in [0.4, 0.5) is 0 Å². The zero-order chi connectivity index (χ0) is 12.9. The second kappa shape index (κ2) is 6.20. The molecule has 0 fully saturated rings. The van der Waals surface area contributed by atoms with Gasteiger partial charge in [-0.25, -0.2) is 0 Å². The Morgan fingerprint density at radius 2 is 2.12 bits per heavy atom. The second-order valence-corrected chi connectivity index (χ2v) is 4.73. The van der Waals surface area contributed by atoms with E-state index in [0.29, 0.717) is 0 Å². The number of hydrogen-bond acceptors (Lipinski definition) is 2. The Bertz CT molecular complexity index is 390. The zero-order valence-corrected chi connectivity index (χ0v) is 11.6. The van der Waals surface area contributed by atoms with E-state index < -0.39 is 0 Å². The first kappa shape index (κ1) is 14.2. The van der Waals surface area contributed by atoms with Crippen LogP contribution in [0, 0.1) is 6.92 Å². The fourth-order valence-corrected chi connectivity index (χ4v) is 2.25. The van der Waals surface area contributed by atoms with Crippen molar-refractivity contribution in [2.45, 2.75) is 18.9 Å². The SMILES string of the molecule is C=CCC(CNC)(NC)c1ccc(C)c(Cl)c1. The Balaban J connectivity index is 3.19. The van der Waals surface area contributed by atoms with Gasteiger partial charge in [-0.3, -0.25) is 0 Å². The first-order valence-electron chi connectivity index (χ1n) is 5.80. The summed E-state index contributed by atoms with van der Waals surface area (Å²) in [7, 11) is 3.92. The predicted molar refractivity (Wildman–Crippen MR) is 75.7 cm³/mol. The van der Waals surface area contributed by atoms with Gasteiger partial charge in [0.15, 0.2) is 0 Å². The maximum absolute atomic E-state index is 6.20. The van der Waals surface area contributed by atoms with E-state index in [0.717, 1.165) is 23.6 Å². The van der Waals surface area contributed by atoms with Crippen LogP contribution in [0.1, 0.15) is 17.5 Å². The standard InChI is InChI=1S/C14H21ClN2/c1-5-8-14(17-4,10-16-3)12-7-6-11(2)13(15)9-12/h5-7,9,16-17H,1,8,10H2,2-4H3. The number of benzene rings is 1. The van der Waals surface area contributed by atoms with Crippen molar-refractivity contribution in [1.29, 1.82) is 0 Å². The first-order chi connectivity index (χ1) is 8.09. The second-order valence-electron chi connectivity index (χ2n) is 4.32. The largest absolute Gasteiger partial charge is 0.318 e. The minimum atomic E-state index is -0.145. The highest BCUT2D eigenvalue weighted by Gasteiger charge is 2.28. The third kappa shape index (κ3) is 3.09. The maximum Gasteiger partial charge on any atom is 0.0593 e. The summed E-state index contributed by atoms with van der Waals surface area (Å²) >= 11 is 6.20. The van der Waals surface area contributed by atoms with Gasteiger partial charge < -0.3 is 10.6 Å². The molecule has 0 bridgehead atoms. The Morgan fingerprint density at radius 1 is 1.41 bits per heavy atom. The lowest BCUT2D eigenvalue weighted by atomic mass is 9.86. The molecule has 2 nitrogen and oxygen atoms in total. The van der Waals surface area contributed by atoms with E-state index in [1.807, 2.05) is 33.2 Å². The first-order valence-corrected chi connectivity index (χ1v) is 6.18. The Hall–Kier alpha value is -0.830. The molecule has 0 aromatic heterocycles. The van der Waals surface area contributed by atoms with Crippen LogP contribution in [-0.2, 0) is 5.54 Å². The molecule has 0 aliphatic heterocycles. The molecule has 1 rings (SSSR count). The average Bonchev–Trinajstić information content (AvgIpc) is 2.32. The summed E-state index contributed by atoms with van der Waals surface area (Å²) in [6, 6.07) is 6.22. The number of rotatable bonds is 6. The molecule has 1 aromatic carbocycles. The fraction of sp³-hybridized carbons (Fsp3) is 0.429. The highest BCUT2D eigenvalue weighted by molar-refractivity contribution is 6.31. The molecule has 0 spiro atoms. The van der Waals surface area contributed by atoms with Crippen LogP contribution >= 0.6 is 11.6 Å². The van der Waals surface area contributed by atoms with Gasteiger partial charge in [0.25, 0.3) is 0 Å². The van der Waals surface area contributed by atoms with Crippen molar-refractivity contribution in [2.75, 3.05) is 20.6 Å². The van der Waals surface area contributed by atoms with E-state index in [9.17, 15) is 0 Å². The van der Waals surface area contributed by atoms with Crippen LogP contribution in [0.5, 0.6) is 0 Å². The molecule has 17 heavy (non-hydrogen) atoms. The van der Waals surface area contributed by atoms with E-state index in [4.69, 9.17) is 11.6 Å². The lowest BCUT2D eigenvalue weighted by Gasteiger charge is -2.33. The Morgan fingerprint density at radius 3 is 2.59 bits per heavy atom. The molecule has 0 aliphatic carbocycles. The number of nitrogens with one attached hydrogen (secondary N) is 2. The molecular formula is C14H21ClN2. The highest BCUT2D eigenvalue weighted by atomic mass is 35.5. The van der Waals surface area contributed by atoms with Crippen LogP contribution in [0.25, 0.3) is 0 Å². The lowest BCUT2D eigenvalue weighted by molar-refractivity contribution is 0.351. The zero-order valence-electron chi connectivity index (χ0n) is 10.8. The maximum atomic E-state index is 6.20. The highest BCUT2D eigenvalue weighted by Crippen LogP contribution is 2.28. The smallest absolute Gasteiger partial charge is 0.0593 e. The summed E-state index contributed by atoms with van der Waals surface area (Å²) < 4.78 is 0. The topological polar surface area (TPSA) is 24.1 Å². The van der Waals surface area contributed by atoms with Crippen molar-refractivity contribution < 1.29 is 0 Å². The molecule has 94 valence electrons. The predicted octanol–water partition coefficient (Wildman–Crippen LogP) is 2.86. The van der Waals surface area contributed by atoms with E-state index in [1.165, 1.54) is 5.56 Å². The van der Waals surface area contributed by atoms with Gasteiger partial charge in [-0.15, -0.1) is 6.58 Å². The van der Waals surface area contributed by atoms with Crippen LogP contribution < -0.4 is 10.6 Å². The number of aryl methyl sites for hydroxylation is 1. The van der Waals surface area contributed by atoms with Crippen LogP contribution in [0.3, 0.4) is 0 Å². The van der Waals surface area contributed by atoms with Crippen molar-refractivity contribution in [2.24, 2.45) is 0 Å². The minimum absolute atomic E-state index is 0.145. The van der Waals surface area contributed by atoms with Crippen molar-refractivity contribution >= 4 is 11.6 Å². The third-order valence-corrected chi connectivity index (χ3v) is 3.58. The van der Waals surface area contributed by atoms with Gasteiger partial charge in [-0.2, -0.15) is 0 Å². The van der Waals surface area contributed by atoms with Gasteiger partial charge in [-0.1, -0.05) is 29.8 Å². The summed E-state index contributed by atoms with van der Waals surface area (Å²) in [5.41, 5.74) is 2.14. The normalized spacial score (nSPS) is 14.4. The average molecular weight is 253 g/mol. The van der Waals surface area contributed by atoms with E-state index in [2.05, 4.69) is 29.3 Å². The Kier molecular flexibility index (Phi) is 5.19. The van der Waals surface area contributed by atoms with E-state index in [1.54, 1.807) is 0 Å². The van der Waals surface area contributed by atoms with Crippen LogP contribution in [0.2, 0.25) is 5.02 Å². The summed E-state index contributed by atoms with van der Waals surface area (Å²) in [6.07, 6.45) is 2.78. The molecule has 1 aromatic rings. The molecule has 0 aliphatic rings. The summed E-state index contributed by atoms with van der Waals surface area (Å²) in [6.45, 7) is 6.68. The number of halogens is 1.